The van der Waals surface area contributed by atoms with Gasteiger partial charge in [0.05, 0.1) is 11.3 Å². The van der Waals surface area contributed by atoms with Crippen molar-refractivity contribution in [1.82, 2.24) is 14.9 Å². The number of carbonyl (C=O) groups excluding carboxylic acids is 1. The summed E-state index contributed by atoms with van der Waals surface area (Å²) in [6, 6.07) is 16.2. The SMILES string of the molecule is Cc1cccc(CNc2cncc(C(=O)N3CCN(c4ccccn4)CC3)c2)c1. The third-order valence-electron chi connectivity index (χ3n) is 5.10. The molecule has 1 amide bonds. The van der Waals surface area contributed by atoms with E-state index in [1.54, 1.807) is 18.6 Å². The van der Waals surface area contributed by atoms with Crippen LogP contribution in [0.15, 0.2) is 67.1 Å². The first-order chi connectivity index (χ1) is 14.2. The number of hydrogen-bond donors (Lipinski definition) is 1. The van der Waals surface area contributed by atoms with Crippen LogP contribution in [-0.2, 0) is 6.54 Å². The smallest absolute Gasteiger partial charge is 0.255 e. The maximum Gasteiger partial charge on any atom is 0.255 e. The number of rotatable bonds is 5. The Kier molecular flexibility index (Phi) is 5.70. The van der Waals surface area contributed by atoms with Crippen molar-refractivity contribution in [2.75, 3.05) is 36.4 Å². The molecule has 6 heteroatoms. The minimum atomic E-state index is 0.0253. The van der Waals surface area contributed by atoms with E-state index in [2.05, 4.69) is 51.4 Å². The van der Waals surface area contributed by atoms with Gasteiger partial charge in [0, 0.05) is 51.3 Å². The lowest BCUT2D eigenvalue weighted by Crippen LogP contribution is -2.49. The number of pyridine rings is 2. The number of nitrogens with zero attached hydrogens (tertiary/aromatic N) is 4. The molecule has 3 heterocycles. The quantitative estimate of drug-likeness (QED) is 0.727. The Morgan fingerprint density at radius 2 is 1.90 bits per heavy atom. The molecule has 0 unspecified atom stereocenters. The summed E-state index contributed by atoms with van der Waals surface area (Å²) in [6.07, 6.45) is 5.20. The number of aryl methyl sites for hydroxylation is 1. The van der Waals surface area contributed by atoms with Gasteiger partial charge in [-0.3, -0.25) is 9.78 Å². The Labute approximate surface area is 171 Å². The van der Waals surface area contributed by atoms with Crippen molar-refractivity contribution in [3.8, 4) is 0 Å². The summed E-state index contributed by atoms with van der Waals surface area (Å²) < 4.78 is 0. The number of anilines is 2. The van der Waals surface area contributed by atoms with Gasteiger partial charge in [0.1, 0.15) is 5.82 Å². The number of carbonyl (C=O) groups is 1. The summed E-state index contributed by atoms with van der Waals surface area (Å²) in [4.78, 5) is 25.7. The first-order valence-corrected chi connectivity index (χ1v) is 9.89. The van der Waals surface area contributed by atoms with Crippen LogP contribution in [0.5, 0.6) is 0 Å². The molecule has 0 bridgehead atoms. The van der Waals surface area contributed by atoms with Crippen LogP contribution in [0, 0.1) is 6.92 Å². The van der Waals surface area contributed by atoms with E-state index in [9.17, 15) is 4.79 Å². The Morgan fingerprint density at radius 1 is 1.03 bits per heavy atom. The summed E-state index contributed by atoms with van der Waals surface area (Å²) in [7, 11) is 0. The Morgan fingerprint density at radius 3 is 2.66 bits per heavy atom. The van der Waals surface area contributed by atoms with Gasteiger partial charge in [-0.1, -0.05) is 35.9 Å². The Bertz CT molecular complexity index is 968. The molecular weight excluding hydrogens is 362 g/mol. The van der Waals surface area contributed by atoms with Crippen molar-refractivity contribution < 1.29 is 4.79 Å². The molecule has 6 nitrogen and oxygen atoms in total. The summed E-state index contributed by atoms with van der Waals surface area (Å²) in [5.41, 5.74) is 3.90. The minimum Gasteiger partial charge on any atom is -0.380 e. The van der Waals surface area contributed by atoms with Crippen LogP contribution >= 0.6 is 0 Å². The molecule has 1 saturated heterocycles. The van der Waals surface area contributed by atoms with Gasteiger partial charge in [-0.05, 0) is 30.7 Å². The third kappa shape index (κ3) is 4.71. The first kappa shape index (κ1) is 18.9. The Hall–Kier alpha value is -3.41. The van der Waals surface area contributed by atoms with Crippen molar-refractivity contribution >= 4 is 17.4 Å². The predicted octanol–water partition coefficient (Wildman–Crippen LogP) is 3.36. The number of piperazine rings is 1. The van der Waals surface area contributed by atoms with Crippen molar-refractivity contribution in [2.45, 2.75) is 13.5 Å². The summed E-state index contributed by atoms with van der Waals surface area (Å²) in [6.45, 7) is 5.69. The van der Waals surface area contributed by atoms with Gasteiger partial charge in [0.15, 0.2) is 0 Å². The fraction of sp³-hybridized carbons (Fsp3) is 0.261. The minimum absolute atomic E-state index is 0.0253. The van der Waals surface area contributed by atoms with Crippen LogP contribution in [0.25, 0.3) is 0 Å². The second-order valence-electron chi connectivity index (χ2n) is 7.27. The van der Waals surface area contributed by atoms with Crippen molar-refractivity contribution in [1.29, 1.82) is 0 Å². The monoisotopic (exact) mass is 387 g/mol. The van der Waals surface area contributed by atoms with E-state index < -0.39 is 0 Å². The molecule has 1 aromatic carbocycles. The molecule has 1 N–H and O–H groups in total. The topological polar surface area (TPSA) is 61.4 Å². The highest BCUT2D eigenvalue weighted by Crippen LogP contribution is 2.16. The van der Waals surface area contributed by atoms with E-state index in [-0.39, 0.29) is 5.91 Å². The van der Waals surface area contributed by atoms with E-state index in [0.717, 1.165) is 24.6 Å². The number of aromatic nitrogens is 2. The van der Waals surface area contributed by atoms with E-state index >= 15 is 0 Å². The molecule has 0 saturated carbocycles. The molecule has 0 aliphatic carbocycles. The molecule has 1 fully saturated rings. The lowest BCUT2D eigenvalue weighted by molar-refractivity contribution is 0.0746. The summed E-state index contributed by atoms with van der Waals surface area (Å²) in [5.74, 6) is 0.987. The average Bonchev–Trinajstić information content (AvgIpc) is 2.78. The van der Waals surface area contributed by atoms with Crippen molar-refractivity contribution in [3.05, 3.63) is 83.8 Å². The highest BCUT2D eigenvalue weighted by Gasteiger charge is 2.23. The fourth-order valence-corrected chi connectivity index (χ4v) is 3.54. The normalized spacial score (nSPS) is 14.0. The number of benzene rings is 1. The van der Waals surface area contributed by atoms with E-state index in [4.69, 9.17) is 0 Å². The van der Waals surface area contributed by atoms with Gasteiger partial charge in [0.25, 0.3) is 5.91 Å². The lowest BCUT2D eigenvalue weighted by atomic mass is 10.1. The summed E-state index contributed by atoms with van der Waals surface area (Å²) in [5, 5.41) is 3.37. The van der Waals surface area contributed by atoms with Gasteiger partial charge in [0.2, 0.25) is 0 Å². The fourth-order valence-electron chi connectivity index (χ4n) is 3.54. The van der Waals surface area contributed by atoms with Crippen LogP contribution < -0.4 is 10.2 Å². The van der Waals surface area contributed by atoms with Gasteiger partial charge in [-0.25, -0.2) is 4.98 Å². The Balaban J connectivity index is 1.36. The van der Waals surface area contributed by atoms with Gasteiger partial charge >= 0.3 is 0 Å². The van der Waals surface area contributed by atoms with Crippen molar-refractivity contribution in [3.63, 3.8) is 0 Å². The molecule has 4 rings (SSSR count). The van der Waals surface area contributed by atoms with Crippen molar-refractivity contribution in [2.24, 2.45) is 0 Å². The molecule has 29 heavy (non-hydrogen) atoms. The maximum atomic E-state index is 12.9. The van der Waals surface area contributed by atoms with Crippen LogP contribution in [0.2, 0.25) is 0 Å². The van der Waals surface area contributed by atoms with Crippen LogP contribution in [-0.4, -0.2) is 47.0 Å². The zero-order valence-corrected chi connectivity index (χ0v) is 16.6. The van der Waals surface area contributed by atoms with E-state index in [1.165, 1.54) is 11.1 Å². The molecule has 2 aromatic heterocycles. The summed E-state index contributed by atoms with van der Waals surface area (Å²) >= 11 is 0. The molecule has 1 aliphatic rings. The number of hydrogen-bond acceptors (Lipinski definition) is 5. The van der Waals surface area contributed by atoms with Crippen LogP contribution in [0.4, 0.5) is 11.5 Å². The maximum absolute atomic E-state index is 12.9. The molecular formula is C23H25N5O. The highest BCUT2D eigenvalue weighted by atomic mass is 16.2. The van der Waals surface area contributed by atoms with E-state index in [1.807, 2.05) is 29.2 Å². The van der Waals surface area contributed by atoms with Gasteiger partial charge in [-0.15, -0.1) is 0 Å². The molecule has 0 atom stereocenters. The van der Waals surface area contributed by atoms with Gasteiger partial charge < -0.3 is 15.1 Å². The predicted molar refractivity (Wildman–Crippen MR) is 115 cm³/mol. The largest absolute Gasteiger partial charge is 0.380 e. The average molecular weight is 387 g/mol. The number of nitrogens with one attached hydrogen (secondary N) is 1. The zero-order valence-electron chi connectivity index (χ0n) is 16.6. The van der Waals surface area contributed by atoms with Crippen LogP contribution in [0.3, 0.4) is 0 Å². The lowest BCUT2D eigenvalue weighted by Gasteiger charge is -2.35. The molecule has 0 radical (unpaired) electrons. The zero-order chi connectivity index (χ0) is 20.1. The van der Waals surface area contributed by atoms with Crippen LogP contribution in [0.1, 0.15) is 21.5 Å². The molecule has 3 aromatic rings. The second-order valence-corrected chi connectivity index (χ2v) is 7.27. The highest BCUT2D eigenvalue weighted by molar-refractivity contribution is 5.94. The van der Waals surface area contributed by atoms with E-state index in [0.29, 0.717) is 25.2 Å². The molecule has 0 spiro atoms. The molecule has 148 valence electrons. The molecule has 1 aliphatic heterocycles. The first-order valence-electron chi connectivity index (χ1n) is 9.89. The van der Waals surface area contributed by atoms with Gasteiger partial charge in [-0.2, -0.15) is 0 Å². The third-order valence-corrected chi connectivity index (χ3v) is 5.10. The second kappa shape index (κ2) is 8.73. The number of amides is 1. The standard InChI is InChI=1S/C23H25N5O/c1-18-5-4-6-19(13-18)15-26-21-14-20(16-24-17-21)23(29)28-11-9-27(10-12-28)22-7-2-3-8-25-22/h2-8,13-14,16-17,26H,9-12,15H2,1H3.